The minimum atomic E-state index is -0.707. The van der Waals surface area contributed by atoms with Gasteiger partial charge in [0.15, 0.2) is 0 Å². The van der Waals surface area contributed by atoms with Crippen molar-refractivity contribution in [1.82, 2.24) is 5.54 Å². The first-order chi connectivity index (χ1) is 8.24. The molecule has 2 aromatic rings. The van der Waals surface area contributed by atoms with E-state index in [1.54, 1.807) is 13.0 Å². The molecule has 0 atom stereocenters. The standard InChI is InChI=1S/C14H12FNO/c1-10-6-5-9-12(13(10)14(17)16-15)11-7-3-2-4-8-11/h2-9H,1H3,(H,16,17). The monoisotopic (exact) mass is 229 g/mol. The Morgan fingerprint density at radius 2 is 1.76 bits per heavy atom. The molecule has 0 aliphatic carbocycles. The number of rotatable bonds is 2. The number of aryl methyl sites for hydroxylation is 1. The van der Waals surface area contributed by atoms with E-state index in [9.17, 15) is 9.28 Å². The van der Waals surface area contributed by atoms with Crippen molar-refractivity contribution in [3.63, 3.8) is 0 Å². The van der Waals surface area contributed by atoms with Gasteiger partial charge in [-0.15, -0.1) is 0 Å². The quantitative estimate of drug-likeness (QED) is 0.787. The molecule has 0 spiro atoms. The fourth-order valence-electron chi connectivity index (χ4n) is 1.87. The molecule has 2 aromatic carbocycles. The van der Waals surface area contributed by atoms with Crippen LogP contribution in [-0.2, 0) is 0 Å². The van der Waals surface area contributed by atoms with Gasteiger partial charge in [-0.25, -0.2) is 0 Å². The summed E-state index contributed by atoms with van der Waals surface area (Å²) in [7, 11) is 0. The molecule has 0 saturated heterocycles. The second-order valence-corrected chi connectivity index (χ2v) is 3.79. The summed E-state index contributed by atoms with van der Waals surface area (Å²) in [5.41, 5.74) is 3.96. The van der Waals surface area contributed by atoms with Gasteiger partial charge in [0.05, 0.1) is 5.56 Å². The number of carbonyl (C=O) groups is 1. The Balaban J connectivity index is 2.62. The molecular weight excluding hydrogens is 217 g/mol. The van der Waals surface area contributed by atoms with Gasteiger partial charge < -0.3 is 0 Å². The first kappa shape index (κ1) is 11.3. The first-order valence-electron chi connectivity index (χ1n) is 5.30. The largest absolute Gasteiger partial charge is 0.279 e. The maximum absolute atomic E-state index is 12.3. The van der Waals surface area contributed by atoms with Crippen molar-refractivity contribution in [2.45, 2.75) is 6.92 Å². The van der Waals surface area contributed by atoms with Crippen LogP contribution in [0.4, 0.5) is 4.48 Å². The SMILES string of the molecule is Cc1cccc(-c2ccccc2)c1C(=O)NF. The lowest BCUT2D eigenvalue weighted by molar-refractivity contribution is 0.0859. The Bertz CT molecular complexity index is 537. The van der Waals surface area contributed by atoms with Gasteiger partial charge in [0.1, 0.15) is 0 Å². The number of benzene rings is 2. The Labute approximate surface area is 99.0 Å². The number of hydrogen-bond donors (Lipinski definition) is 1. The third kappa shape index (κ3) is 2.18. The van der Waals surface area contributed by atoms with Crippen LogP contribution in [0.3, 0.4) is 0 Å². The molecule has 0 fully saturated rings. The van der Waals surface area contributed by atoms with E-state index in [-0.39, 0.29) is 0 Å². The van der Waals surface area contributed by atoms with Crippen molar-refractivity contribution in [1.29, 1.82) is 0 Å². The topological polar surface area (TPSA) is 29.1 Å². The summed E-state index contributed by atoms with van der Waals surface area (Å²) in [5, 5.41) is 0. The molecule has 3 heteroatoms. The molecule has 86 valence electrons. The van der Waals surface area contributed by atoms with E-state index in [1.165, 1.54) is 5.54 Å². The van der Waals surface area contributed by atoms with Crippen LogP contribution in [0.15, 0.2) is 48.5 Å². The Morgan fingerprint density at radius 3 is 2.41 bits per heavy atom. The number of halogens is 1. The van der Waals surface area contributed by atoms with Crippen molar-refractivity contribution in [3.05, 3.63) is 59.7 Å². The minimum Gasteiger partial charge on any atom is -0.267 e. The molecule has 0 aliphatic rings. The van der Waals surface area contributed by atoms with Crippen LogP contribution < -0.4 is 5.54 Å². The van der Waals surface area contributed by atoms with Crippen LogP contribution in [-0.4, -0.2) is 5.91 Å². The van der Waals surface area contributed by atoms with Crippen molar-refractivity contribution in [3.8, 4) is 11.1 Å². The van der Waals surface area contributed by atoms with Crippen LogP contribution >= 0.6 is 0 Å². The molecule has 0 saturated carbocycles. The zero-order valence-electron chi connectivity index (χ0n) is 9.41. The molecule has 0 aromatic heterocycles. The Morgan fingerprint density at radius 1 is 1.06 bits per heavy atom. The maximum atomic E-state index is 12.3. The summed E-state index contributed by atoms with van der Waals surface area (Å²) in [5.74, 6) is -0.707. The molecular formula is C14H12FNO. The number of hydrogen-bond acceptors (Lipinski definition) is 1. The molecule has 0 heterocycles. The fraction of sp³-hybridized carbons (Fsp3) is 0.0714. The Kier molecular flexibility index (Phi) is 3.19. The highest BCUT2D eigenvalue weighted by molar-refractivity contribution is 6.01. The zero-order chi connectivity index (χ0) is 12.3. The average molecular weight is 229 g/mol. The summed E-state index contributed by atoms with van der Waals surface area (Å²) >= 11 is 0. The van der Waals surface area contributed by atoms with Crippen LogP contribution in [0, 0.1) is 6.92 Å². The smallest absolute Gasteiger partial charge is 0.267 e. The molecule has 0 unspecified atom stereocenters. The highest BCUT2D eigenvalue weighted by Gasteiger charge is 2.14. The van der Waals surface area contributed by atoms with Gasteiger partial charge in [-0.2, -0.15) is 5.54 Å². The summed E-state index contributed by atoms with van der Waals surface area (Å²) in [4.78, 5) is 11.5. The fourth-order valence-corrected chi connectivity index (χ4v) is 1.87. The third-order valence-electron chi connectivity index (χ3n) is 2.67. The van der Waals surface area contributed by atoms with E-state index < -0.39 is 5.91 Å². The molecule has 0 aliphatic heterocycles. The molecule has 2 nitrogen and oxygen atoms in total. The van der Waals surface area contributed by atoms with Gasteiger partial charge in [0.2, 0.25) is 0 Å². The van der Waals surface area contributed by atoms with Crippen LogP contribution in [0.2, 0.25) is 0 Å². The van der Waals surface area contributed by atoms with E-state index in [1.807, 2.05) is 42.5 Å². The molecule has 2 rings (SSSR count). The van der Waals surface area contributed by atoms with E-state index in [4.69, 9.17) is 0 Å². The van der Waals surface area contributed by atoms with E-state index >= 15 is 0 Å². The molecule has 0 radical (unpaired) electrons. The number of carbonyl (C=O) groups excluding carboxylic acids is 1. The average Bonchev–Trinajstić information content (AvgIpc) is 2.38. The van der Waals surface area contributed by atoms with Gasteiger partial charge in [0, 0.05) is 0 Å². The third-order valence-corrected chi connectivity index (χ3v) is 2.67. The van der Waals surface area contributed by atoms with Gasteiger partial charge in [0.25, 0.3) is 5.91 Å². The van der Waals surface area contributed by atoms with Crippen LogP contribution in [0.1, 0.15) is 15.9 Å². The molecule has 17 heavy (non-hydrogen) atoms. The van der Waals surface area contributed by atoms with Crippen LogP contribution in [0.5, 0.6) is 0 Å². The molecule has 0 bridgehead atoms. The predicted molar refractivity (Wildman–Crippen MR) is 65.2 cm³/mol. The van der Waals surface area contributed by atoms with Gasteiger partial charge in [-0.1, -0.05) is 53.0 Å². The number of nitrogens with one attached hydrogen (secondary N) is 1. The lowest BCUT2D eigenvalue weighted by atomic mass is 9.96. The van der Waals surface area contributed by atoms with Gasteiger partial charge in [-0.3, -0.25) is 4.79 Å². The second-order valence-electron chi connectivity index (χ2n) is 3.79. The highest BCUT2D eigenvalue weighted by Crippen LogP contribution is 2.25. The van der Waals surface area contributed by atoms with Gasteiger partial charge in [-0.05, 0) is 23.6 Å². The number of amides is 1. The first-order valence-corrected chi connectivity index (χ1v) is 5.30. The van der Waals surface area contributed by atoms with Crippen molar-refractivity contribution in [2.75, 3.05) is 0 Å². The van der Waals surface area contributed by atoms with E-state index in [0.717, 1.165) is 16.7 Å². The lowest BCUT2D eigenvalue weighted by Crippen LogP contribution is -2.16. The molecule has 1 amide bonds. The lowest BCUT2D eigenvalue weighted by Gasteiger charge is -2.10. The summed E-state index contributed by atoms with van der Waals surface area (Å²) < 4.78 is 12.3. The van der Waals surface area contributed by atoms with Gasteiger partial charge >= 0.3 is 0 Å². The summed E-state index contributed by atoms with van der Waals surface area (Å²) in [6.07, 6.45) is 0. The maximum Gasteiger partial charge on any atom is 0.279 e. The van der Waals surface area contributed by atoms with Crippen molar-refractivity contribution >= 4 is 5.91 Å². The summed E-state index contributed by atoms with van der Waals surface area (Å²) in [6, 6.07) is 14.9. The zero-order valence-corrected chi connectivity index (χ0v) is 9.41. The van der Waals surface area contributed by atoms with E-state index in [0.29, 0.717) is 5.56 Å². The van der Waals surface area contributed by atoms with Crippen molar-refractivity contribution < 1.29 is 9.28 Å². The Hall–Kier alpha value is -2.16. The normalized spacial score (nSPS) is 10.0. The van der Waals surface area contributed by atoms with Crippen LogP contribution in [0.25, 0.3) is 11.1 Å². The molecule has 1 N–H and O–H groups in total. The predicted octanol–water partition coefficient (Wildman–Crippen LogP) is 3.28. The minimum absolute atomic E-state index is 0.376. The van der Waals surface area contributed by atoms with Crippen molar-refractivity contribution in [2.24, 2.45) is 0 Å². The summed E-state index contributed by atoms with van der Waals surface area (Å²) in [6.45, 7) is 1.79. The van der Waals surface area contributed by atoms with E-state index in [2.05, 4.69) is 0 Å². The highest BCUT2D eigenvalue weighted by atomic mass is 19.2. The second kappa shape index (κ2) is 4.78.